The Morgan fingerprint density at radius 2 is 2.36 bits per heavy atom. The van der Waals surface area contributed by atoms with Crippen molar-refractivity contribution in [3.63, 3.8) is 0 Å². The molecule has 0 aliphatic rings. The third-order valence-electron chi connectivity index (χ3n) is 1.87. The summed E-state index contributed by atoms with van der Waals surface area (Å²) in [4.78, 5) is 14.9. The summed E-state index contributed by atoms with van der Waals surface area (Å²) in [5.74, 6) is -1.13. The molecule has 2 heterocycles. The van der Waals surface area contributed by atoms with Gasteiger partial charge in [0.05, 0.1) is 0 Å². The van der Waals surface area contributed by atoms with Crippen LogP contribution in [0.5, 0.6) is 0 Å². The molecule has 2 aromatic heterocycles. The fourth-order valence-electron chi connectivity index (χ4n) is 1.24. The number of nitrogen functional groups attached to an aromatic ring is 1. The Kier molecular flexibility index (Phi) is 1.63. The molecule has 2 aromatic rings. The first-order valence-corrected chi connectivity index (χ1v) is 3.94. The highest BCUT2D eigenvalue weighted by Gasteiger charge is 2.17. The van der Waals surface area contributed by atoms with Gasteiger partial charge in [0.2, 0.25) is 0 Å². The number of anilines is 1. The fourth-order valence-corrected chi connectivity index (χ4v) is 1.24. The van der Waals surface area contributed by atoms with E-state index in [0.29, 0.717) is 0 Å². The number of hydrogen-bond acceptors (Lipinski definition) is 4. The van der Waals surface area contributed by atoms with Crippen LogP contribution >= 0.6 is 0 Å². The largest absolute Gasteiger partial charge is 0.477 e. The zero-order valence-electron chi connectivity index (χ0n) is 7.43. The summed E-state index contributed by atoms with van der Waals surface area (Å²) in [6, 6.07) is 1.73. The molecule has 0 spiro atoms. The van der Waals surface area contributed by atoms with E-state index in [4.69, 9.17) is 10.8 Å². The van der Waals surface area contributed by atoms with Crippen LogP contribution in [0.4, 0.5) is 5.82 Å². The molecule has 0 aliphatic heterocycles. The van der Waals surface area contributed by atoms with Crippen LogP contribution in [-0.4, -0.2) is 25.7 Å². The Morgan fingerprint density at radius 3 is 3.00 bits per heavy atom. The molecule has 0 atom stereocenters. The van der Waals surface area contributed by atoms with E-state index >= 15 is 0 Å². The van der Waals surface area contributed by atoms with Gasteiger partial charge >= 0.3 is 5.97 Å². The SMILES string of the molecule is Cc1ccn2nc(N)c(C(=O)O)c2n1. The Hall–Kier alpha value is -2.11. The molecule has 6 heteroatoms. The predicted octanol–water partition coefficient (Wildman–Crippen LogP) is 0.318. The van der Waals surface area contributed by atoms with E-state index in [2.05, 4.69) is 10.1 Å². The summed E-state index contributed by atoms with van der Waals surface area (Å²) in [5, 5.41) is 12.7. The molecule has 0 bridgehead atoms. The van der Waals surface area contributed by atoms with Crippen LogP contribution in [0, 0.1) is 6.92 Å². The maximum atomic E-state index is 10.8. The van der Waals surface area contributed by atoms with Gasteiger partial charge in [-0.25, -0.2) is 14.3 Å². The van der Waals surface area contributed by atoms with E-state index in [1.54, 1.807) is 19.2 Å². The van der Waals surface area contributed by atoms with Gasteiger partial charge in [-0.2, -0.15) is 0 Å². The molecule has 14 heavy (non-hydrogen) atoms. The van der Waals surface area contributed by atoms with Gasteiger partial charge in [-0.15, -0.1) is 5.10 Å². The highest BCUT2D eigenvalue weighted by molar-refractivity contribution is 5.99. The van der Waals surface area contributed by atoms with Crippen LogP contribution in [0.2, 0.25) is 0 Å². The number of nitrogens with zero attached hydrogens (tertiary/aromatic N) is 3. The molecule has 3 N–H and O–H groups in total. The molecule has 0 aromatic carbocycles. The van der Waals surface area contributed by atoms with Gasteiger partial charge in [0.15, 0.2) is 11.5 Å². The summed E-state index contributed by atoms with van der Waals surface area (Å²) in [6.07, 6.45) is 1.63. The van der Waals surface area contributed by atoms with Gasteiger partial charge in [-0.3, -0.25) is 0 Å². The van der Waals surface area contributed by atoms with Gasteiger partial charge in [0.25, 0.3) is 0 Å². The predicted molar refractivity (Wildman–Crippen MR) is 49.1 cm³/mol. The van der Waals surface area contributed by atoms with E-state index in [-0.39, 0.29) is 17.0 Å². The lowest BCUT2D eigenvalue weighted by atomic mass is 10.3. The number of carboxylic acids is 1. The smallest absolute Gasteiger partial charge is 0.343 e. The third kappa shape index (κ3) is 1.08. The zero-order chi connectivity index (χ0) is 10.3. The quantitative estimate of drug-likeness (QED) is 0.678. The van der Waals surface area contributed by atoms with Crippen molar-refractivity contribution in [1.29, 1.82) is 0 Å². The van der Waals surface area contributed by atoms with E-state index in [9.17, 15) is 4.79 Å². The van der Waals surface area contributed by atoms with E-state index in [1.807, 2.05) is 0 Å². The van der Waals surface area contributed by atoms with Crippen LogP contribution in [0.3, 0.4) is 0 Å². The van der Waals surface area contributed by atoms with Crippen LogP contribution in [0.1, 0.15) is 16.1 Å². The Labute approximate surface area is 79.0 Å². The van der Waals surface area contributed by atoms with Crippen LogP contribution in [0.15, 0.2) is 12.3 Å². The highest BCUT2D eigenvalue weighted by atomic mass is 16.4. The monoisotopic (exact) mass is 192 g/mol. The van der Waals surface area contributed by atoms with Gasteiger partial charge in [0, 0.05) is 11.9 Å². The number of aryl methyl sites for hydroxylation is 1. The molecule has 6 nitrogen and oxygen atoms in total. The van der Waals surface area contributed by atoms with Crippen molar-refractivity contribution in [3.05, 3.63) is 23.5 Å². The number of rotatable bonds is 1. The minimum atomic E-state index is -1.12. The summed E-state index contributed by atoms with van der Waals surface area (Å²) in [7, 11) is 0. The molecule has 0 aliphatic carbocycles. The molecule has 0 unspecified atom stereocenters. The number of carbonyl (C=O) groups is 1. The van der Waals surface area contributed by atoms with E-state index < -0.39 is 5.97 Å². The lowest BCUT2D eigenvalue weighted by molar-refractivity contribution is 0.0700. The number of nitrogens with two attached hydrogens (primary N) is 1. The topological polar surface area (TPSA) is 93.5 Å². The van der Waals surface area contributed by atoms with Crippen molar-refractivity contribution in [3.8, 4) is 0 Å². The average Bonchev–Trinajstić information content (AvgIpc) is 2.40. The first-order valence-electron chi connectivity index (χ1n) is 3.94. The number of fused-ring (bicyclic) bond motifs is 1. The lowest BCUT2D eigenvalue weighted by Crippen LogP contribution is -2.01. The fraction of sp³-hybridized carbons (Fsp3) is 0.125. The van der Waals surface area contributed by atoms with Crippen LogP contribution in [0.25, 0.3) is 5.65 Å². The molecule has 2 rings (SSSR count). The third-order valence-corrected chi connectivity index (χ3v) is 1.87. The van der Waals surface area contributed by atoms with Crippen molar-refractivity contribution in [2.45, 2.75) is 6.92 Å². The number of aromatic nitrogens is 3. The number of carboxylic acid groups (broad SMARTS) is 1. The summed E-state index contributed by atoms with van der Waals surface area (Å²) in [5.41, 5.74) is 6.40. The second-order valence-corrected chi connectivity index (χ2v) is 2.90. The average molecular weight is 192 g/mol. The van der Waals surface area contributed by atoms with E-state index in [0.717, 1.165) is 5.69 Å². The second kappa shape index (κ2) is 2.69. The van der Waals surface area contributed by atoms with Crippen molar-refractivity contribution >= 4 is 17.4 Å². The van der Waals surface area contributed by atoms with E-state index in [1.165, 1.54) is 4.52 Å². The van der Waals surface area contributed by atoms with Crippen LogP contribution < -0.4 is 5.73 Å². The zero-order valence-corrected chi connectivity index (χ0v) is 7.43. The van der Waals surface area contributed by atoms with Crippen molar-refractivity contribution in [2.75, 3.05) is 5.73 Å². The maximum absolute atomic E-state index is 10.8. The standard InChI is InChI=1S/C8H8N4O2/c1-4-2-3-12-7(10-4)5(8(13)14)6(9)11-12/h2-3H,1H3,(H2,9,11)(H,13,14). The minimum Gasteiger partial charge on any atom is -0.477 e. The van der Waals surface area contributed by atoms with Gasteiger partial charge in [-0.1, -0.05) is 0 Å². The Morgan fingerprint density at radius 1 is 1.64 bits per heavy atom. The van der Waals surface area contributed by atoms with Gasteiger partial charge in [-0.05, 0) is 13.0 Å². The van der Waals surface area contributed by atoms with Crippen molar-refractivity contribution < 1.29 is 9.90 Å². The first kappa shape index (κ1) is 8.49. The second-order valence-electron chi connectivity index (χ2n) is 2.90. The highest BCUT2D eigenvalue weighted by Crippen LogP contribution is 2.15. The maximum Gasteiger partial charge on any atom is 0.343 e. The molecular formula is C8H8N4O2. The molecule has 0 saturated heterocycles. The minimum absolute atomic E-state index is 0.0180. The number of aromatic carboxylic acids is 1. The summed E-state index contributed by atoms with van der Waals surface area (Å²) >= 11 is 0. The lowest BCUT2D eigenvalue weighted by Gasteiger charge is -1.94. The van der Waals surface area contributed by atoms with Crippen molar-refractivity contribution in [1.82, 2.24) is 14.6 Å². The van der Waals surface area contributed by atoms with Crippen LogP contribution in [-0.2, 0) is 0 Å². The van der Waals surface area contributed by atoms with Gasteiger partial charge in [0.1, 0.15) is 5.56 Å². The molecule has 72 valence electrons. The molecule has 0 radical (unpaired) electrons. The Bertz CT molecular complexity index is 517. The Balaban J connectivity index is 2.86. The molecule has 0 amide bonds. The number of hydrogen-bond donors (Lipinski definition) is 2. The van der Waals surface area contributed by atoms with Gasteiger partial charge < -0.3 is 10.8 Å². The normalized spacial score (nSPS) is 10.6. The summed E-state index contributed by atoms with van der Waals surface area (Å²) < 4.78 is 1.35. The molecule has 0 fully saturated rings. The molecular weight excluding hydrogens is 184 g/mol. The molecule has 0 saturated carbocycles. The first-order chi connectivity index (χ1) is 6.59. The summed E-state index contributed by atoms with van der Waals surface area (Å²) in [6.45, 7) is 1.77. The van der Waals surface area contributed by atoms with Crippen molar-refractivity contribution in [2.24, 2.45) is 0 Å².